The maximum absolute atomic E-state index is 4.55. The topological polar surface area (TPSA) is 60.4 Å². The molecule has 2 heterocycles. The Hall–Kier alpha value is -2.50. The van der Waals surface area contributed by atoms with Gasteiger partial charge in [0.1, 0.15) is 0 Å². The lowest BCUT2D eigenvalue weighted by Gasteiger charge is -2.04. The minimum absolute atomic E-state index is 0.260. The predicted octanol–water partition coefficient (Wildman–Crippen LogP) is 6.05. The molecule has 0 spiro atoms. The Morgan fingerprint density at radius 3 is 1.43 bits per heavy atom. The average molecular weight is 441 g/mol. The summed E-state index contributed by atoms with van der Waals surface area (Å²) in [4.78, 5) is 9.11. The van der Waals surface area contributed by atoms with Crippen molar-refractivity contribution in [1.29, 1.82) is 0 Å². The fourth-order valence-electron chi connectivity index (χ4n) is 2.59. The van der Waals surface area contributed by atoms with Crippen LogP contribution < -0.4 is 0 Å². The minimum atomic E-state index is -0.260. The van der Waals surface area contributed by atoms with Crippen molar-refractivity contribution < 1.29 is 0 Å². The summed E-state index contributed by atoms with van der Waals surface area (Å²) in [5.41, 5.74) is 3.75. The van der Waals surface area contributed by atoms with Gasteiger partial charge in [0, 0.05) is 34.2 Å². The Kier molecular flexibility index (Phi) is 8.17. The van der Waals surface area contributed by atoms with E-state index in [9.17, 15) is 0 Å². The van der Waals surface area contributed by atoms with Crippen LogP contribution in [-0.2, 0) is 0 Å². The highest BCUT2D eigenvalue weighted by Crippen LogP contribution is 2.21. The van der Waals surface area contributed by atoms with E-state index in [1.54, 1.807) is 0 Å². The lowest BCUT2D eigenvalue weighted by molar-refractivity contribution is 0.965. The maximum atomic E-state index is 4.55. The number of rotatable bonds is 8. The molecule has 0 aliphatic heterocycles. The SMILES string of the molecule is CCCS(=C=Nc1ccc(N=C=S(CCC)n2ccc(C)n2)cc1)n1ccc(C)n1. The van der Waals surface area contributed by atoms with Crippen molar-refractivity contribution in [2.24, 2.45) is 9.98 Å². The van der Waals surface area contributed by atoms with Crippen molar-refractivity contribution >= 4 is 43.0 Å². The zero-order chi connectivity index (χ0) is 21.3. The second kappa shape index (κ2) is 11.0. The molecule has 0 saturated heterocycles. The first kappa shape index (κ1) is 22.2. The van der Waals surface area contributed by atoms with Crippen LogP contribution in [0.1, 0.15) is 38.1 Å². The largest absolute Gasteiger partial charge is 0.212 e. The highest BCUT2D eigenvalue weighted by atomic mass is 32.2. The smallest absolute Gasteiger partial charge is 0.0737 e. The van der Waals surface area contributed by atoms with Crippen LogP contribution in [0.4, 0.5) is 11.4 Å². The first-order chi connectivity index (χ1) is 14.6. The molecule has 3 rings (SSSR count). The summed E-state index contributed by atoms with van der Waals surface area (Å²) in [5, 5.41) is 15.6. The van der Waals surface area contributed by atoms with Crippen molar-refractivity contribution in [1.82, 2.24) is 18.4 Å². The van der Waals surface area contributed by atoms with E-state index in [-0.39, 0.29) is 21.3 Å². The Balaban J connectivity index is 1.82. The van der Waals surface area contributed by atoms with Gasteiger partial charge in [-0.2, -0.15) is 20.2 Å². The van der Waals surface area contributed by atoms with Crippen molar-refractivity contribution in [3.8, 4) is 0 Å². The second-order valence-corrected chi connectivity index (χ2v) is 10.2. The van der Waals surface area contributed by atoms with Gasteiger partial charge >= 0.3 is 0 Å². The molecule has 158 valence electrons. The molecule has 0 N–H and O–H groups in total. The fraction of sp³-hybridized carbons (Fsp3) is 0.364. The molecule has 0 amide bonds. The first-order valence-corrected chi connectivity index (χ1v) is 12.8. The number of hydrogen-bond donors (Lipinski definition) is 0. The van der Waals surface area contributed by atoms with Crippen LogP contribution in [0.2, 0.25) is 0 Å². The zero-order valence-corrected chi connectivity index (χ0v) is 19.6. The van der Waals surface area contributed by atoms with E-state index < -0.39 is 0 Å². The standard InChI is InChI=1S/C22H28N6S2/c1-5-15-29(27-13-11-19(3)25-27)17-23-21-7-9-22(10-8-21)24-18-30(16-6-2)28-14-12-20(4)26-28/h7-14H,5-6,15-16H2,1-4H3. The molecule has 3 aromatic rings. The summed E-state index contributed by atoms with van der Waals surface area (Å²) >= 11 is 0. The zero-order valence-electron chi connectivity index (χ0n) is 17.9. The van der Waals surface area contributed by atoms with Crippen LogP contribution in [0.5, 0.6) is 0 Å². The molecule has 1 aromatic carbocycles. The van der Waals surface area contributed by atoms with Crippen LogP contribution in [0, 0.1) is 13.8 Å². The van der Waals surface area contributed by atoms with Crippen molar-refractivity contribution in [3.63, 3.8) is 0 Å². The van der Waals surface area contributed by atoms with Gasteiger partial charge < -0.3 is 0 Å². The van der Waals surface area contributed by atoms with Gasteiger partial charge in [-0.05, 0) is 84.4 Å². The van der Waals surface area contributed by atoms with E-state index in [0.29, 0.717) is 0 Å². The minimum Gasteiger partial charge on any atom is -0.212 e. The van der Waals surface area contributed by atoms with Gasteiger partial charge in [-0.25, -0.2) is 8.17 Å². The van der Waals surface area contributed by atoms with Gasteiger partial charge in [-0.1, -0.05) is 13.8 Å². The predicted molar refractivity (Wildman–Crippen MR) is 131 cm³/mol. The number of benzene rings is 1. The third-order valence-electron chi connectivity index (χ3n) is 4.06. The molecular formula is C22H28N6S2. The summed E-state index contributed by atoms with van der Waals surface area (Å²) in [6, 6.07) is 11.9. The summed E-state index contributed by atoms with van der Waals surface area (Å²) in [6.07, 6.45) is 6.12. The number of aliphatic imine (C=N–C) groups is 2. The van der Waals surface area contributed by atoms with Crippen LogP contribution in [-0.4, -0.2) is 40.2 Å². The van der Waals surface area contributed by atoms with Gasteiger partial charge in [0.25, 0.3) is 0 Å². The Labute approximate surface area is 183 Å². The van der Waals surface area contributed by atoms with E-state index in [1.807, 2.05) is 70.8 Å². The van der Waals surface area contributed by atoms with Gasteiger partial charge in [0.05, 0.1) is 22.8 Å². The molecule has 30 heavy (non-hydrogen) atoms. The quantitative estimate of drug-likeness (QED) is 0.316. The van der Waals surface area contributed by atoms with Gasteiger partial charge in [0.2, 0.25) is 0 Å². The normalized spacial score (nSPS) is 12.7. The molecule has 0 aliphatic rings. The van der Waals surface area contributed by atoms with E-state index >= 15 is 0 Å². The van der Waals surface area contributed by atoms with E-state index in [4.69, 9.17) is 0 Å². The van der Waals surface area contributed by atoms with Crippen LogP contribution >= 0.6 is 21.3 Å². The molecule has 2 atom stereocenters. The average Bonchev–Trinajstić information content (AvgIpc) is 3.37. The Morgan fingerprint density at radius 2 is 1.13 bits per heavy atom. The second-order valence-electron chi connectivity index (χ2n) is 6.78. The highest BCUT2D eigenvalue weighted by molar-refractivity contribution is 8.13. The fourth-order valence-corrected chi connectivity index (χ4v) is 5.38. The highest BCUT2D eigenvalue weighted by Gasteiger charge is 2.00. The summed E-state index contributed by atoms with van der Waals surface area (Å²) in [7, 11) is -0.519. The Morgan fingerprint density at radius 1 is 0.733 bits per heavy atom. The number of isothiocyanates is 2. The lowest BCUT2D eigenvalue weighted by atomic mass is 10.3. The molecule has 0 aliphatic carbocycles. The molecule has 6 nitrogen and oxygen atoms in total. The number of nitrogens with zero attached hydrogens (tertiary/aromatic N) is 6. The number of hydrogen-bond acceptors (Lipinski definition) is 4. The molecule has 0 saturated carbocycles. The lowest BCUT2D eigenvalue weighted by Crippen LogP contribution is -1.95. The Bertz CT molecular complexity index is 1020. The van der Waals surface area contributed by atoms with Gasteiger partial charge in [-0.3, -0.25) is 0 Å². The molecule has 8 heteroatoms. The van der Waals surface area contributed by atoms with Crippen molar-refractivity contribution in [2.45, 2.75) is 40.5 Å². The summed E-state index contributed by atoms with van der Waals surface area (Å²) < 4.78 is 3.92. The first-order valence-electron chi connectivity index (χ1n) is 10.1. The summed E-state index contributed by atoms with van der Waals surface area (Å²) in [6.45, 7) is 8.32. The van der Waals surface area contributed by atoms with Crippen LogP contribution in [0.3, 0.4) is 0 Å². The third-order valence-corrected chi connectivity index (χ3v) is 7.56. The van der Waals surface area contributed by atoms with Gasteiger partial charge in [-0.15, -0.1) is 0 Å². The van der Waals surface area contributed by atoms with E-state index in [2.05, 4.69) is 44.4 Å². The molecular weight excluding hydrogens is 412 g/mol. The summed E-state index contributed by atoms with van der Waals surface area (Å²) in [5.74, 6) is 1.96. The van der Waals surface area contributed by atoms with Crippen LogP contribution in [0.25, 0.3) is 0 Å². The maximum Gasteiger partial charge on any atom is 0.0737 e. The molecule has 2 aromatic heterocycles. The van der Waals surface area contributed by atoms with Crippen LogP contribution in [0.15, 0.2) is 58.8 Å². The third kappa shape index (κ3) is 6.25. The number of aryl methyl sites for hydroxylation is 2. The van der Waals surface area contributed by atoms with E-state index in [1.165, 1.54) is 0 Å². The number of aromatic nitrogens is 4. The van der Waals surface area contributed by atoms with Gasteiger partial charge in [0.15, 0.2) is 0 Å². The monoisotopic (exact) mass is 440 g/mol. The molecule has 0 bridgehead atoms. The van der Waals surface area contributed by atoms with Crippen molar-refractivity contribution in [2.75, 3.05) is 11.5 Å². The van der Waals surface area contributed by atoms with Crippen molar-refractivity contribution in [3.05, 3.63) is 60.2 Å². The molecule has 0 fully saturated rings. The molecule has 2 unspecified atom stereocenters. The van der Waals surface area contributed by atoms with E-state index in [0.717, 1.165) is 47.1 Å². The molecule has 0 radical (unpaired) electrons.